The molecule has 2 amide bonds. The molecule has 0 aromatic rings. The number of nitrogens with zero attached hydrogens (tertiary/aromatic N) is 2. The minimum atomic E-state index is -0.791. The van der Waals surface area contributed by atoms with Gasteiger partial charge >= 0.3 is 12.0 Å². The van der Waals surface area contributed by atoms with Gasteiger partial charge in [0.15, 0.2) is 0 Å². The SMILES string of the molecule is CC(C)(C)C1=CCN(C(=O)N2CCC[C@@H](C(=O)O)C2)CC1. The highest BCUT2D eigenvalue weighted by Gasteiger charge is 2.31. The summed E-state index contributed by atoms with van der Waals surface area (Å²) in [5.74, 6) is -1.20. The molecular formula is C16H26N2O3. The van der Waals surface area contributed by atoms with Crippen LogP contribution in [-0.2, 0) is 4.79 Å². The number of likely N-dealkylation sites (tertiary alicyclic amines) is 1. The smallest absolute Gasteiger partial charge is 0.320 e. The molecule has 0 aliphatic carbocycles. The topological polar surface area (TPSA) is 60.9 Å². The van der Waals surface area contributed by atoms with Crippen LogP contribution in [0.25, 0.3) is 0 Å². The van der Waals surface area contributed by atoms with Gasteiger partial charge in [0.05, 0.1) is 5.92 Å². The van der Waals surface area contributed by atoms with Gasteiger partial charge in [0.1, 0.15) is 0 Å². The summed E-state index contributed by atoms with van der Waals surface area (Å²) < 4.78 is 0. The zero-order chi connectivity index (χ0) is 15.6. The highest BCUT2D eigenvalue weighted by Crippen LogP contribution is 2.30. The number of urea groups is 1. The number of amides is 2. The second kappa shape index (κ2) is 6.08. The number of aliphatic carboxylic acids is 1. The van der Waals surface area contributed by atoms with E-state index >= 15 is 0 Å². The van der Waals surface area contributed by atoms with Crippen molar-refractivity contribution < 1.29 is 14.7 Å². The third-order valence-corrected chi connectivity index (χ3v) is 4.48. The van der Waals surface area contributed by atoms with Crippen LogP contribution in [0.3, 0.4) is 0 Å². The summed E-state index contributed by atoms with van der Waals surface area (Å²) in [6.45, 7) is 8.97. The Labute approximate surface area is 126 Å². The molecule has 0 aromatic heterocycles. The minimum Gasteiger partial charge on any atom is -0.481 e. The van der Waals surface area contributed by atoms with Crippen LogP contribution >= 0.6 is 0 Å². The summed E-state index contributed by atoms with van der Waals surface area (Å²) in [6, 6.07) is -0.00911. The maximum Gasteiger partial charge on any atom is 0.320 e. The van der Waals surface area contributed by atoms with Gasteiger partial charge in [-0.25, -0.2) is 4.79 Å². The van der Waals surface area contributed by atoms with Crippen LogP contribution in [0.4, 0.5) is 4.79 Å². The third kappa shape index (κ3) is 3.77. The van der Waals surface area contributed by atoms with Gasteiger partial charge in [-0.05, 0) is 24.7 Å². The van der Waals surface area contributed by atoms with E-state index in [1.165, 1.54) is 5.57 Å². The molecule has 21 heavy (non-hydrogen) atoms. The van der Waals surface area contributed by atoms with Gasteiger partial charge in [-0.3, -0.25) is 4.79 Å². The number of carboxylic acid groups (broad SMARTS) is 1. The van der Waals surface area contributed by atoms with E-state index in [2.05, 4.69) is 26.8 Å². The fourth-order valence-corrected chi connectivity index (χ4v) is 3.08. The average Bonchev–Trinajstić information content (AvgIpc) is 2.46. The first-order valence-corrected chi connectivity index (χ1v) is 7.75. The second-order valence-corrected chi connectivity index (χ2v) is 7.08. The fourth-order valence-electron chi connectivity index (χ4n) is 3.08. The lowest BCUT2D eigenvalue weighted by atomic mass is 9.83. The number of carboxylic acids is 1. The Morgan fingerprint density at radius 3 is 2.48 bits per heavy atom. The van der Waals surface area contributed by atoms with E-state index in [4.69, 9.17) is 5.11 Å². The minimum absolute atomic E-state index is 0.00911. The van der Waals surface area contributed by atoms with Crippen LogP contribution in [-0.4, -0.2) is 53.1 Å². The second-order valence-electron chi connectivity index (χ2n) is 7.08. The predicted molar refractivity (Wildman–Crippen MR) is 81.1 cm³/mol. The molecule has 1 fully saturated rings. The van der Waals surface area contributed by atoms with Gasteiger partial charge in [-0.15, -0.1) is 0 Å². The van der Waals surface area contributed by atoms with Gasteiger partial charge in [-0.1, -0.05) is 32.4 Å². The van der Waals surface area contributed by atoms with Crippen molar-refractivity contribution in [2.45, 2.75) is 40.0 Å². The summed E-state index contributed by atoms with van der Waals surface area (Å²) >= 11 is 0. The van der Waals surface area contributed by atoms with E-state index in [1.807, 2.05) is 4.90 Å². The molecule has 1 saturated heterocycles. The third-order valence-electron chi connectivity index (χ3n) is 4.48. The Hall–Kier alpha value is -1.52. The normalized spacial score (nSPS) is 23.8. The van der Waals surface area contributed by atoms with E-state index in [0.29, 0.717) is 26.1 Å². The molecule has 0 bridgehead atoms. The van der Waals surface area contributed by atoms with E-state index < -0.39 is 11.9 Å². The molecule has 5 heteroatoms. The van der Waals surface area contributed by atoms with Crippen molar-refractivity contribution >= 4 is 12.0 Å². The lowest BCUT2D eigenvalue weighted by molar-refractivity contribution is -0.143. The number of piperidine rings is 1. The first-order valence-electron chi connectivity index (χ1n) is 7.75. The van der Waals surface area contributed by atoms with Crippen molar-refractivity contribution in [2.75, 3.05) is 26.2 Å². The highest BCUT2D eigenvalue weighted by atomic mass is 16.4. The summed E-state index contributed by atoms with van der Waals surface area (Å²) in [4.78, 5) is 27.1. The van der Waals surface area contributed by atoms with Gasteiger partial charge in [0.25, 0.3) is 0 Å². The number of carbonyl (C=O) groups is 2. The van der Waals surface area contributed by atoms with Crippen molar-refractivity contribution in [3.05, 3.63) is 11.6 Å². The van der Waals surface area contributed by atoms with Crippen molar-refractivity contribution in [1.82, 2.24) is 9.80 Å². The maximum absolute atomic E-state index is 12.5. The number of rotatable bonds is 1. The van der Waals surface area contributed by atoms with E-state index in [-0.39, 0.29) is 11.4 Å². The molecule has 0 spiro atoms. The molecular weight excluding hydrogens is 268 g/mol. The molecule has 1 atom stereocenters. The summed E-state index contributed by atoms with van der Waals surface area (Å²) in [6.07, 6.45) is 4.51. The van der Waals surface area contributed by atoms with Gasteiger partial charge in [0.2, 0.25) is 0 Å². The predicted octanol–water partition coefficient (Wildman–Crippen LogP) is 2.58. The lowest BCUT2D eigenvalue weighted by Crippen LogP contribution is -2.50. The molecule has 2 heterocycles. The first-order chi connectivity index (χ1) is 9.79. The standard InChI is InChI=1S/C16H26N2O3/c1-16(2,3)13-6-9-17(10-7-13)15(21)18-8-4-5-12(11-18)14(19)20/h6,12H,4-5,7-11H2,1-3H3,(H,19,20)/t12-/m1/s1. The van der Waals surface area contributed by atoms with Crippen LogP contribution in [0.1, 0.15) is 40.0 Å². The summed E-state index contributed by atoms with van der Waals surface area (Å²) in [7, 11) is 0. The van der Waals surface area contributed by atoms with Crippen molar-refractivity contribution in [2.24, 2.45) is 11.3 Å². The van der Waals surface area contributed by atoms with E-state index in [9.17, 15) is 9.59 Å². The first kappa shape index (κ1) is 15.9. The largest absolute Gasteiger partial charge is 0.481 e. The number of carbonyl (C=O) groups excluding carboxylic acids is 1. The average molecular weight is 294 g/mol. The molecule has 0 aromatic carbocycles. The molecule has 118 valence electrons. The zero-order valence-electron chi connectivity index (χ0n) is 13.3. The monoisotopic (exact) mass is 294 g/mol. The van der Waals surface area contributed by atoms with Gasteiger partial charge in [-0.2, -0.15) is 0 Å². The molecule has 1 N–H and O–H groups in total. The van der Waals surface area contributed by atoms with E-state index in [1.54, 1.807) is 4.90 Å². The molecule has 2 aliphatic heterocycles. The number of hydrogen-bond acceptors (Lipinski definition) is 2. The lowest BCUT2D eigenvalue weighted by Gasteiger charge is -2.37. The van der Waals surface area contributed by atoms with Crippen LogP contribution in [0.2, 0.25) is 0 Å². The molecule has 0 radical (unpaired) electrons. The molecule has 0 unspecified atom stereocenters. The molecule has 0 saturated carbocycles. The summed E-state index contributed by atoms with van der Waals surface area (Å²) in [5.41, 5.74) is 1.56. The fraction of sp³-hybridized carbons (Fsp3) is 0.750. The maximum atomic E-state index is 12.5. The van der Waals surface area contributed by atoms with Gasteiger partial charge < -0.3 is 14.9 Å². The van der Waals surface area contributed by atoms with Crippen LogP contribution in [0.5, 0.6) is 0 Å². The van der Waals surface area contributed by atoms with Crippen LogP contribution < -0.4 is 0 Å². The van der Waals surface area contributed by atoms with E-state index in [0.717, 1.165) is 19.4 Å². The Balaban J connectivity index is 1.96. The zero-order valence-corrected chi connectivity index (χ0v) is 13.3. The Kier molecular flexibility index (Phi) is 4.59. The van der Waals surface area contributed by atoms with Gasteiger partial charge in [0, 0.05) is 26.2 Å². The molecule has 2 aliphatic rings. The number of hydrogen-bond donors (Lipinski definition) is 1. The summed E-state index contributed by atoms with van der Waals surface area (Å²) in [5, 5.41) is 9.11. The van der Waals surface area contributed by atoms with Crippen LogP contribution in [0.15, 0.2) is 11.6 Å². The molecule has 5 nitrogen and oxygen atoms in total. The van der Waals surface area contributed by atoms with Crippen molar-refractivity contribution in [1.29, 1.82) is 0 Å². The Morgan fingerprint density at radius 1 is 1.24 bits per heavy atom. The van der Waals surface area contributed by atoms with Crippen LogP contribution in [0, 0.1) is 11.3 Å². The van der Waals surface area contributed by atoms with Crippen molar-refractivity contribution in [3.63, 3.8) is 0 Å². The Morgan fingerprint density at radius 2 is 1.95 bits per heavy atom. The van der Waals surface area contributed by atoms with Crippen molar-refractivity contribution in [3.8, 4) is 0 Å². The highest BCUT2D eigenvalue weighted by molar-refractivity contribution is 5.77. The molecule has 2 rings (SSSR count). The quantitative estimate of drug-likeness (QED) is 0.756. The Bertz CT molecular complexity index is 451.